The highest BCUT2D eigenvalue weighted by molar-refractivity contribution is 7.09. The number of halogens is 2. The second kappa shape index (κ2) is 4.80. The van der Waals surface area contributed by atoms with Crippen LogP contribution in [-0.4, -0.2) is 9.55 Å². The molecule has 0 aliphatic carbocycles. The molecule has 0 aliphatic heterocycles. The van der Waals surface area contributed by atoms with Gasteiger partial charge in [-0.25, -0.2) is 4.98 Å². The molecule has 0 unspecified atom stereocenters. The van der Waals surface area contributed by atoms with Gasteiger partial charge in [-0.1, -0.05) is 34.5 Å². The molecule has 0 bridgehead atoms. The maximum atomic E-state index is 11.7. The Bertz CT molecular complexity index is 618. The normalized spacial score (nSPS) is 10.8. The summed E-state index contributed by atoms with van der Waals surface area (Å²) in [5.74, 6) is 0. The predicted molar refractivity (Wildman–Crippen MR) is 71.4 cm³/mol. The van der Waals surface area contributed by atoms with Crippen LogP contribution in [0.15, 0.2) is 16.9 Å². The molecular weight excluding hydrogens is 279 g/mol. The molecule has 2 aromatic rings. The van der Waals surface area contributed by atoms with Crippen molar-refractivity contribution in [3.63, 3.8) is 0 Å². The summed E-state index contributed by atoms with van der Waals surface area (Å²) in [5, 5.41) is 0.895. The van der Waals surface area contributed by atoms with Gasteiger partial charge in [0.2, 0.25) is 0 Å². The van der Waals surface area contributed by atoms with Crippen LogP contribution in [0.2, 0.25) is 10.2 Å². The van der Waals surface area contributed by atoms with Gasteiger partial charge in [0.15, 0.2) is 0 Å². The molecule has 0 atom stereocenters. The fourth-order valence-corrected chi connectivity index (χ4v) is 2.65. The van der Waals surface area contributed by atoms with Gasteiger partial charge >= 0.3 is 4.87 Å². The fourth-order valence-electron chi connectivity index (χ4n) is 1.49. The van der Waals surface area contributed by atoms with Gasteiger partial charge in [-0.05, 0) is 26.0 Å². The number of aromatic nitrogens is 2. The van der Waals surface area contributed by atoms with Crippen LogP contribution in [0.4, 0.5) is 0 Å². The van der Waals surface area contributed by atoms with Crippen LogP contribution in [0.5, 0.6) is 0 Å². The van der Waals surface area contributed by atoms with E-state index in [2.05, 4.69) is 4.98 Å². The summed E-state index contributed by atoms with van der Waals surface area (Å²) in [4.78, 5) is 16.9. The Morgan fingerprint density at radius 2 is 2.06 bits per heavy atom. The number of thiazole rings is 1. The van der Waals surface area contributed by atoms with Gasteiger partial charge in [0.25, 0.3) is 0 Å². The van der Waals surface area contributed by atoms with Crippen molar-refractivity contribution in [1.29, 1.82) is 0 Å². The average molecular weight is 289 g/mol. The topological polar surface area (TPSA) is 34.9 Å². The molecule has 0 fully saturated rings. The number of rotatable bonds is 2. The van der Waals surface area contributed by atoms with E-state index < -0.39 is 0 Å². The Labute approximate surface area is 113 Å². The number of hydrogen-bond acceptors (Lipinski definition) is 3. The highest BCUT2D eigenvalue weighted by Gasteiger charge is 2.11. The molecule has 17 heavy (non-hydrogen) atoms. The number of nitrogens with zero attached hydrogens (tertiary/aromatic N) is 2. The van der Waals surface area contributed by atoms with Gasteiger partial charge in [0.05, 0.1) is 17.3 Å². The van der Waals surface area contributed by atoms with E-state index in [0.29, 0.717) is 22.4 Å². The lowest BCUT2D eigenvalue weighted by atomic mass is 10.3. The van der Waals surface area contributed by atoms with Crippen LogP contribution in [0, 0.1) is 13.8 Å². The highest BCUT2D eigenvalue weighted by Crippen LogP contribution is 2.19. The van der Waals surface area contributed by atoms with Gasteiger partial charge < -0.3 is 0 Å². The Balaban J connectivity index is 2.44. The van der Waals surface area contributed by atoms with Crippen molar-refractivity contribution in [2.75, 3.05) is 0 Å². The summed E-state index contributed by atoms with van der Waals surface area (Å²) in [5.41, 5.74) is 1.56. The molecule has 0 saturated carbocycles. The van der Waals surface area contributed by atoms with Crippen molar-refractivity contribution >= 4 is 34.5 Å². The summed E-state index contributed by atoms with van der Waals surface area (Å²) in [6.07, 6.45) is 0. The first-order valence-corrected chi connectivity index (χ1v) is 6.54. The summed E-state index contributed by atoms with van der Waals surface area (Å²) in [6.45, 7) is 4.19. The molecule has 0 aromatic carbocycles. The van der Waals surface area contributed by atoms with Crippen LogP contribution in [0.3, 0.4) is 0 Å². The molecule has 90 valence electrons. The van der Waals surface area contributed by atoms with Crippen molar-refractivity contribution in [1.82, 2.24) is 9.55 Å². The van der Waals surface area contributed by atoms with Crippen molar-refractivity contribution in [3.8, 4) is 0 Å². The third-order valence-electron chi connectivity index (χ3n) is 2.57. The van der Waals surface area contributed by atoms with Crippen LogP contribution in [-0.2, 0) is 6.54 Å². The predicted octanol–water partition coefficient (Wildman–Crippen LogP) is 3.28. The Kier molecular flexibility index (Phi) is 3.56. The molecule has 2 heterocycles. The lowest BCUT2D eigenvalue weighted by molar-refractivity contribution is 0.733. The molecule has 0 saturated heterocycles. The highest BCUT2D eigenvalue weighted by atomic mass is 35.5. The summed E-state index contributed by atoms with van der Waals surface area (Å²) < 4.78 is 1.66. The SMILES string of the molecule is Cc1sc(=O)n(Cc2nc(Cl)ccc2Cl)c1C. The summed E-state index contributed by atoms with van der Waals surface area (Å²) in [6, 6.07) is 3.31. The molecule has 2 rings (SSSR count). The van der Waals surface area contributed by atoms with Crippen molar-refractivity contribution in [2.24, 2.45) is 0 Å². The zero-order valence-corrected chi connectivity index (χ0v) is 11.7. The summed E-state index contributed by atoms with van der Waals surface area (Å²) in [7, 11) is 0. The molecule has 0 spiro atoms. The Hall–Kier alpha value is -0.840. The molecule has 3 nitrogen and oxygen atoms in total. The minimum absolute atomic E-state index is 0.00200. The molecule has 0 aliphatic rings. The van der Waals surface area contributed by atoms with Gasteiger partial charge in [0, 0.05) is 10.6 Å². The molecule has 0 N–H and O–H groups in total. The number of pyridine rings is 1. The Morgan fingerprint density at radius 3 is 2.65 bits per heavy atom. The maximum absolute atomic E-state index is 11.7. The first kappa shape index (κ1) is 12.6. The van der Waals surface area contributed by atoms with Gasteiger partial charge in [0.1, 0.15) is 5.15 Å². The zero-order valence-electron chi connectivity index (χ0n) is 9.33. The standard InChI is InChI=1S/C11H10Cl2N2OS/c1-6-7(2)17-11(16)15(6)5-9-8(12)3-4-10(13)14-9/h3-4H,5H2,1-2H3. The minimum atomic E-state index is -0.00200. The second-order valence-corrected chi connectivity index (χ2v) is 5.62. The van der Waals surface area contributed by atoms with E-state index in [-0.39, 0.29) is 4.87 Å². The van der Waals surface area contributed by atoms with E-state index in [1.165, 1.54) is 11.3 Å². The van der Waals surface area contributed by atoms with Crippen molar-refractivity contribution in [2.45, 2.75) is 20.4 Å². The minimum Gasteiger partial charge on any atom is -0.297 e. The van der Waals surface area contributed by atoms with Gasteiger partial charge in [-0.15, -0.1) is 0 Å². The molecule has 6 heteroatoms. The third-order valence-corrected chi connectivity index (χ3v) is 4.12. The number of aryl methyl sites for hydroxylation is 1. The lowest BCUT2D eigenvalue weighted by Gasteiger charge is -2.06. The average Bonchev–Trinajstić information content (AvgIpc) is 2.50. The Morgan fingerprint density at radius 1 is 1.35 bits per heavy atom. The van der Waals surface area contributed by atoms with E-state index >= 15 is 0 Å². The van der Waals surface area contributed by atoms with Crippen molar-refractivity contribution < 1.29 is 0 Å². The quantitative estimate of drug-likeness (QED) is 0.795. The summed E-state index contributed by atoms with van der Waals surface area (Å²) >= 11 is 13.1. The lowest BCUT2D eigenvalue weighted by Crippen LogP contribution is -2.16. The van der Waals surface area contributed by atoms with E-state index in [0.717, 1.165) is 10.6 Å². The first-order chi connectivity index (χ1) is 7.99. The first-order valence-electron chi connectivity index (χ1n) is 4.97. The monoisotopic (exact) mass is 288 g/mol. The zero-order chi connectivity index (χ0) is 12.6. The smallest absolute Gasteiger partial charge is 0.297 e. The molecule has 0 amide bonds. The van der Waals surface area contributed by atoms with Gasteiger partial charge in [-0.2, -0.15) is 0 Å². The van der Waals surface area contributed by atoms with E-state index in [1.54, 1.807) is 16.7 Å². The van der Waals surface area contributed by atoms with Gasteiger partial charge in [-0.3, -0.25) is 9.36 Å². The molecular formula is C11H10Cl2N2OS. The maximum Gasteiger partial charge on any atom is 0.307 e. The van der Waals surface area contributed by atoms with Crippen molar-refractivity contribution in [3.05, 3.63) is 48.2 Å². The van der Waals surface area contributed by atoms with Crippen LogP contribution < -0.4 is 4.87 Å². The van der Waals surface area contributed by atoms with Crippen LogP contribution in [0.1, 0.15) is 16.3 Å². The van der Waals surface area contributed by atoms with E-state index in [4.69, 9.17) is 23.2 Å². The van der Waals surface area contributed by atoms with E-state index in [1.807, 2.05) is 13.8 Å². The van der Waals surface area contributed by atoms with E-state index in [9.17, 15) is 4.79 Å². The molecule has 0 radical (unpaired) electrons. The number of hydrogen-bond donors (Lipinski definition) is 0. The largest absolute Gasteiger partial charge is 0.307 e. The molecule has 2 aromatic heterocycles. The van der Waals surface area contributed by atoms with Crippen LogP contribution in [0.25, 0.3) is 0 Å². The fraction of sp³-hybridized carbons (Fsp3) is 0.273. The third kappa shape index (κ3) is 2.54. The van der Waals surface area contributed by atoms with Crippen LogP contribution >= 0.6 is 34.5 Å². The second-order valence-electron chi connectivity index (χ2n) is 3.66.